The molecule has 1 N–H and O–H groups in total. The van der Waals surface area contributed by atoms with E-state index in [0.29, 0.717) is 0 Å². The molecule has 0 aliphatic carbocycles. The van der Waals surface area contributed by atoms with E-state index in [2.05, 4.69) is 37.2 Å². The largest absolute Gasteiger partial charge is 0.487 e. The minimum Gasteiger partial charge on any atom is -0.487 e. The van der Waals surface area contributed by atoms with Gasteiger partial charge >= 0.3 is 0 Å². The van der Waals surface area contributed by atoms with Gasteiger partial charge in [-0.2, -0.15) is 0 Å². The Morgan fingerprint density at radius 2 is 2.14 bits per heavy atom. The Bertz CT molecular complexity index is 556. The summed E-state index contributed by atoms with van der Waals surface area (Å²) in [6.07, 6.45) is 2.90. The van der Waals surface area contributed by atoms with Crippen molar-refractivity contribution in [2.75, 3.05) is 20.1 Å². The van der Waals surface area contributed by atoms with Crippen LogP contribution in [0.1, 0.15) is 44.7 Å². The molecule has 1 amide bonds. The van der Waals surface area contributed by atoms with Crippen molar-refractivity contribution in [2.45, 2.75) is 44.8 Å². The number of piperidine rings is 1. The van der Waals surface area contributed by atoms with Gasteiger partial charge in [0, 0.05) is 18.5 Å². The van der Waals surface area contributed by atoms with E-state index in [0.717, 1.165) is 43.7 Å². The monoisotopic (exact) mass is 302 g/mol. The molecule has 0 unspecified atom stereocenters. The molecular weight excluding hydrogens is 276 g/mol. The van der Waals surface area contributed by atoms with Crippen LogP contribution in [0.25, 0.3) is 0 Å². The Balaban J connectivity index is 1.75. The molecular formula is C18H26N2O2. The molecule has 2 atom stereocenters. The lowest BCUT2D eigenvalue weighted by Gasteiger charge is -2.39. The fraction of sp³-hybridized carbons (Fsp3) is 0.611. The molecule has 1 fully saturated rings. The normalized spacial score (nSPS) is 27.6. The Kier molecular flexibility index (Phi) is 4.13. The Morgan fingerprint density at radius 3 is 2.91 bits per heavy atom. The zero-order valence-electron chi connectivity index (χ0n) is 13.8. The quantitative estimate of drug-likeness (QED) is 0.913. The molecule has 2 aliphatic rings. The summed E-state index contributed by atoms with van der Waals surface area (Å²) in [5, 5.41) is 3.28. The molecule has 0 saturated carbocycles. The molecule has 0 bridgehead atoms. The van der Waals surface area contributed by atoms with Crippen LogP contribution in [-0.4, -0.2) is 36.5 Å². The summed E-state index contributed by atoms with van der Waals surface area (Å²) in [6.45, 7) is 6.12. The van der Waals surface area contributed by atoms with Crippen molar-refractivity contribution >= 4 is 5.91 Å². The van der Waals surface area contributed by atoms with E-state index in [9.17, 15) is 4.79 Å². The number of carbonyl (C=O) groups excluding carboxylic acids is 1. The minimum absolute atomic E-state index is 0.0414. The summed E-state index contributed by atoms with van der Waals surface area (Å²) in [5.41, 5.74) is 0.842. The molecule has 1 saturated heterocycles. The number of para-hydroxylation sites is 1. The van der Waals surface area contributed by atoms with Gasteiger partial charge in [-0.15, -0.1) is 0 Å². The molecule has 4 heteroatoms. The van der Waals surface area contributed by atoms with E-state index < -0.39 is 0 Å². The van der Waals surface area contributed by atoms with Crippen LogP contribution in [-0.2, 0) is 4.79 Å². The maximum absolute atomic E-state index is 12.7. The van der Waals surface area contributed by atoms with Crippen molar-refractivity contribution in [2.24, 2.45) is 5.92 Å². The van der Waals surface area contributed by atoms with Crippen molar-refractivity contribution in [1.29, 1.82) is 0 Å². The third-order valence-electron chi connectivity index (χ3n) is 4.69. The van der Waals surface area contributed by atoms with Gasteiger partial charge in [-0.05, 0) is 46.3 Å². The molecule has 2 aliphatic heterocycles. The van der Waals surface area contributed by atoms with Crippen LogP contribution >= 0.6 is 0 Å². The zero-order chi connectivity index (χ0) is 15.7. The lowest BCUT2D eigenvalue weighted by Crippen LogP contribution is -2.46. The van der Waals surface area contributed by atoms with Crippen LogP contribution in [0.5, 0.6) is 5.75 Å². The first-order valence-corrected chi connectivity index (χ1v) is 8.21. The number of carbonyl (C=O) groups is 1. The number of likely N-dealkylation sites (tertiary alicyclic amines) is 1. The number of benzene rings is 1. The first-order valence-electron chi connectivity index (χ1n) is 8.21. The van der Waals surface area contributed by atoms with E-state index in [-0.39, 0.29) is 23.5 Å². The van der Waals surface area contributed by atoms with Gasteiger partial charge in [0.25, 0.3) is 0 Å². The predicted molar refractivity (Wildman–Crippen MR) is 86.9 cm³/mol. The van der Waals surface area contributed by atoms with Crippen LogP contribution in [0, 0.1) is 5.92 Å². The fourth-order valence-electron chi connectivity index (χ4n) is 3.60. The highest BCUT2D eigenvalue weighted by Gasteiger charge is 2.35. The van der Waals surface area contributed by atoms with Gasteiger partial charge in [0.05, 0.1) is 12.0 Å². The number of hydrogen-bond donors (Lipinski definition) is 1. The second-order valence-corrected chi connectivity index (χ2v) is 7.27. The van der Waals surface area contributed by atoms with Crippen LogP contribution in [0.4, 0.5) is 0 Å². The summed E-state index contributed by atoms with van der Waals surface area (Å²) in [5.74, 6) is 1.19. The van der Waals surface area contributed by atoms with Gasteiger partial charge < -0.3 is 15.0 Å². The molecule has 0 radical (unpaired) electrons. The SMILES string of the molecule is CN1CCC[C@H](C(=O)N[C@H]2CC(C)(C)Oc3ccccc32)C1. The molecule has 2 heterocycles. The number of hydrogen-bond acceptors (Lipinski definition) is 3. The Hall–Kier alpha value is -1.55. The Morgan fingerprint density at radius 1 is 1.36 bits per heavy atom. The van der Waals surface area contributed by atoms with Gasteiger partial charge in [0.2, 0.25) is 5.91 Å². The average Bonchev–Trinajstić information content (AvgIpc) is 2.46. The fourth-order valence-corrected chi connectivity index (χ4v) is 3.60. The van der Waals surface area contributed by atoms with Crippen molar-refractivity contribution < 1.29 is 9.53 Å². The van der Waals surface area contributed by atoms with Crippen LogP contribution in [0.3, 0.4) is 0 Å². The number of nitrogens with zero attached hydrogens (tertiary/aromatic N) is 1. The van der Waals surface area contributed by atoms with E-state index in [4.69, 9.17) is 4.74 Å². The number of amides is 1. The molecule has 0 aromatic heterocycles. The van der Waals surface area contributed by atoms with Crippen LogP contribution in [0.2, 0.25) is 0 Å². The highest BCUT2D eigenvalue weighted by atomic mass is 16.5. The molecule has 0 spiro atoms. The number of ether oxygens (including phenoxy) is 1. The van der Waals surface area contributed by atoms with E-state index in [1.807, 2.05) is 18.2 Å². The topological polar surface area (TPSA) is 41.6 Å². The standard InChI is InChI=1S/C18H26N2O2/c1-18(2)11-15(14-8-4-5-9-16(14)22-18)19-17(21)13-7-6-10-20(3)12-13/h4-5,8-9,13,15H,6-7,10-12H2,1-3H3,(H,19,21)/t13-,15-/m0/s1. The number of fused-ring (bicyclic) bond motifs is 1. The first-order chi connectivity index (χ1) is 10.4. The number of nitrogens with one attached hydrogen (secondary N) is 1. The average molecular weight is 302 g/mol. The van der Waals surface area contributed by atoms with E-state index in [1.54, 1.807) is 0 Å². The second-order valence-electron chi connectivity index (χ2n) is 7.27. The van der Waals surface area contributed by atoms with Crippen molar-refractivity contribution in [3.63, 3.8) is 0 Å². The predicted octanol–water partition coefficient (Wildman–Crippen LogP) is 2.75. The summed E-state index contributed by atoms with van der Waals surface area (Å²) >= 11 is 0. The molecule has 1 aromatic rings. The Labute approximate surface area is 132 Å². The lowest BCUT2D eigenvalue weighted by molar-refractivity contribution is -0.127. The summed E-state index contributed by atoms with van der Waals surface area (Å²) in [7, 11) is 2.09. The minimum atomic E-state index is -0.254. The van der Waals surface area contributed by atoms with E-state index in [1.165, 1.54) is 0 Å². The van der Waals surface area contributed by atoms with Crippen LogP contribution in [0.15, 0.2) is 24.3 Å². The summed E-state index contributed by atoms with van der Waals surface area (Å²) in [6, 6.07) is 8.08. The third kappa shape index (κ3) is 3.27. The first kappa shape index (κ1) is 15.3. The molecule has 4 nitrogen and oxygen atoms in total. The van der Waals surface area contributed by atoms with Gasteiger partial charge in [-0.3, -0.25) is 4.79 Å². The van der Waals surface area contributed by atoms with Gasteiger partial charge in [-0.25, -0.2) is 0 Å². The highest BCUT2D eigenvalue weighted by molar-refractivity contribution is 5.79. The molecule has 22 heavy (non-hydrogen) atoms. The molecule has 3 rings (SSSR count). The van der Waals surface area contributed by atoms with Gasteiger partial charge in [0.1, 0.15) is 11.4 Å². The van der Waals surface area contributed by atoms with E-state index >= 15 is 0 Å². The smallest absolute Gasteiger partial charge is 0.224 e. The third-order valence-corrected chi connectivity index (χ3v) is 4.69. The zero-order valence-corrected chi connectivity index (χ0v) is 13.8. The number of rotatable bonds is 2. The van der Waals surface area contributed by atoms with Crippen molar-refractivity contribution in [3.05, 3.63) is 29.8 Å². The highest BCUT2D eigenvalue weighted by Crippen LogP contribution is 2.39. The maximum Gasteiger partial charge on any atom is 0.224 e. The van der Waals surface area contributed by atoms with Crippen molar-refractivity contribution in [1.82, 2.24) is 10.2 Å². The summed E-state index contributed by atoms with van der Waals surface area (Å²) < 4.78 is 6.03. The molecule has 1 aromatic carbocycles. The van der Waals surface area contributed by atoms with Crippen LogP contribution < -0.4 is 10.1 Å². The molecule has 120 valence electrons. The maximum atomic E-state index is 12.7. The van der Waals surface area contributed by atoms with Gasteiger partial charge in [-0.1, -0.05) is 18.2 Å². The van der Waals surface area contributed by atoms with Crippen molar-refractivity contribution in [3.8, 4) is 5.75 Å². The van der Waals surface area contributed by atoms with Gasteiger partial charge in [0.15, 0.2) is 0 Å². The lowest BCUT2D eigenvalue weighted by atomic mass is 9.88. The summed E-state index contributed by atoms with van der Waals surface area (Å²) in [4.78, 5) is 14.9. The second kappa shape index (κ2) is 5.92.